The zero-order chi connectivity index (χ0) is 19.5. The van der Waals surface area contributed by atoms with E-state index in [2.05, 4.69) is 100 Å². The summed E-state index contributed by atoms with van der Waals surface area (Å²) in [6.45, 7) is 2.06. The standard InChI is InChI=1S/C27H27N2/c1-4-10-22(11-5-1)20-28-21-26(29-19-9-3-8-14-27(28)29)25-17-15-24(16-18-25)23-12-6-2-7-13-23/h1-2,4-7,10-13,15-18,21H,3,8-9,14,19-20H2/q+1. The number of hydrogen-bond donors (Lipinski definition) is 0. The number of fused-ring (bicyclic) bond motifs is 1. The van der Waals surface area contributed by atoms with E-state index < -0.39 is 0 Å². The van der Waals surface area contributed by atoms with Gasteiger partial charge in [-0.25, -0.2) is 9.13 Å². The lowest BCUT2D eigenvalue weighted by atomic mass is 10.0. The summed E-state index contributed by atoms with van der Waals surface area (Å²) in [5, 5.41) is 0. The molecule has 0 amide bonds. The Labute approximate surface area is 173 Å². The number of benzene rings is 3. The predicted octanol–water partition coefficient (Wildman–Crippen LogP) is 5.88. The van der Waals surface area contributed by atoms with Gasteiger partial charge in [0.1, 0.15) is 12.7 Å². The Morgan fingerprint density at radius 2 is 1.31 bits per heavy atom. The summed E-state index contributed by atoms with van der Waals surface area (Å²) in [4.78, 5) is 0. The average Bonchev–Trinajstić information content (AvgIpc) is 2.95. The smallest absolute Gasteiger partial charge is 0.229 e. The van der Waals surface area contributed by atoms with Crippen molar-refractivity contribution < 1.29 is 4.57 Å². The molecule has 2 nitrogen and oxygen atoms in total. The highest BCUT2D eigenvalue weighted by Gasteiger charge is 2.25. The molecule has 5 rings (SSSR count). The van der Waals surface area contributed by atoms with Gasteiger partial charge in [-0.05, 0) is 48.1 Å². The van der Waals surface area contributed by atoms with Crippen molar-refractivity contribution in [1.29, 1.82) is 0 Å². The molecule has 1 aliphatic heterocycles. The van der Waals surface area contributed by atoms with E-state index >= 15 is 0 Å². The normalized spacial score (nSPS) is 13.7. The molecule has 0 bridgehead atoms. The molecular formula is C27H27N2+. The van der Waals surface area contributed by atoms with Gasteiger partial charge in [-0.3, -0.25) is 0 Å². The predicted molar refractivity (Wildman–Crippen MR) is 119 cm³/mol. The second kappa shape index (κ2) is 8.08. The van der Waals surface area contributed by atoms with E-state index in [-0.39, 0.29) is 0 Å². The maximum atomic E-state index is 2.56. The SMILES string of the molecule is c1ccc(Cn2cc(-c3ccc(-c4ccccc4)cc3)[n+]3c2CCCCC3)cc1. The summed E-state index contributed by atoms with van der Waals surface area (Å²) in [5.74, 6) is 1.47. The molecule has 1 aliphatic rings. The van der Waals surface area contributed by atoms with Crippen LogP contribution in [0.15, 0.2) is 91.1 Å². The molecule has 0 N–H and O–H groups in total. The second-order valence-corrected chi connectivity index (χ2v) is 7.95. The van der Waals surface area contributed by atoms with Gasteiger partial charge in [0.25, 0.3) is 5.82 Å². The van der Waals surface area contributed by atoms with Crippen LogP contribution in [0.5, 0.6) is 0 Å². The van der Waals surface area contributed by atoms with Gasteiger partial charge in [0.05, 0.1) is 6.54 Å². The molecule has 0 radical (unpaired) electrons. The summed E-state index contributed by atoms with van der Waals surface area (Å²) in [7, 11) is 0. The lowest BCUT2D eigenvalue weighted by molar-refractivity contribution is -0.692. The fraction of sp³-hybridized carbons (Fsp3) is 0.222. The maximum Gasteiger partial charge on any atom is 0.257 e. The molecule has 2 heterocycles. The van der Waals surface area contributed by atoms with Crippen molar-refractivity contribution in [1.82, 2.24) is 4.57 Å². The molecule has 144 valence electrons. The third-order valence-corrected chi connectivity index (χ3v) is 5.98. The molecule has 4 aromatic rings. The van der Waals surface area contributed by atoms with Crippen molar-refractivity contribution in [3.05, 3.63) is 103 Å². The van der Waals surface area contributed by atoms with Crippen LogP contribution in [-0.4, -0.2) is 4.57 Å². The Morgan fingerprint density at radius 1 is 0.655 bits per heavy atom. The van der Waals surface area contributed by atoms with Gasteiger partial charge in [0, 0.05) is 12.0 Å². The van der Waals surface area contributed by atoms with E-state index in [0.717, 1.165) is 19.5 Å². The molecule has 0 atom stereocenters. The van der Waals surface area contributed by atoms with Crippen LogP contribution in [0.2, 0.25) is 0 Å². The zero-order valence-corrected chi connectivity index (χ0v) is 16.8. The van der Waals surface area contributed by atoms with Crippen LogP contribution in [0.1, 0.15) is 30.7 Å². The van der Waals surface area contributed by atoms with Crippen molar-refractivity contribution in [2.24, 2.45) is 0 Å². The van der Waals surface area contributed by atoms with E-state index in [1.165, 1.54) is 53.0 Å². The minimum absolute atomic E-state index is 0.943. The first kappa shape index (κ1) is 17.9. The number of aromatic nitrogens is 2. The highest BCUT2D eigenvalue weighted by Crippen LogP contribution is 2.25. The van der Waals surface area contributed by atoms with Crippen molar-refractivity contribution in [2.75, 3.05) is 0 Å². The summed E-state index contributed by atoms with van der Waals surface area (Å²) < 4.78 is 5.04. The highest BCUT2D eigenvalue weighted by molar-refractivity contribution is 5.67. The molecule has 0 fully saturated rings. The van der Waals surface area contributed by atoms with E-state index in [9.17, 15) is 0 Å². The quantitative estimate of drug-likeness (QED) is 0.391. The van der Waals surface area contributed by atoms with E-state index in [1.54, 1.807) is 0 Å². The largest absolute Gasteiger partial charge is 0.257 e. The highest BCUT2D eigenvalue weighted by atomic mass is 15.2. The van der Waals surface area contributed by atoms with E-state index in [0.29, 0.717) is 0 Å². The van der Waals surface area contributed by atoms with Crippen molar-refractivity contribution >= 4 is 0 Å². The molecule has 0 aliphatic carbocycles. The van der Waals surface area contributed by atoms with Crippen LogP contribution < -0.4 is 4.57 Å². The summed E-state index contributed by atoms with van der Waals surface area (Å²) in [6.07, 6.45) is 7.40. The van der Waals surface area contributed by atoms with Crippen LogP contribution >= 0.6 is 0 Å². The molecule has 0 saturated carbocycles. The van der Waals surface area contributed by atoms with Gasteiger partial charge < -0.3 is 0 Å². The number of rotatable bonds is 4. The number of nitrogens with zero attached hydrogens (tertiary/aromatic N) is 2. The summed E-state index contributed by atoms with van der Waals surface area (Å²) in [5.41, 5.74) is 6.56. The van der Waals surface area contributed by atoms with Gasteiger partial charge in [-0.2, -0.15) is 0 Å². The van der Waals surface area contributed by atoms with Gasteiger partial charge in [-0.15, -0.1) is 0 Å². The van der Waals surface area contributed by atoms with Gasteiger partial charge in [-0.1, -0.05) is 72.8 Å². The first-order valence-corrected chi connectivity index (χ1v) is 10.7. The van der Waals surface area contributed by atoms with E-state index in [1.807, 2.05) is 0 Å². The third-order valence-electron chi connectivity index (χ3n) is 5.98. The van der Waals surface area contributed by atoms with Crippen molar-refractivity contribution in [3.63, 3.8) is 0 Å². The minimum atomic E-state index is 0.943. The van der Waals surface area contributed by atoms with Gasteiger partial charge >= 0.3 is 0 Å². The molecule has 0 spiro atoms. The Hall–Kier alpha value is -3.13. The Kier molecular flexibility index (Phi) is 5.00. The topological polar surface area (TPSA) is 8.81 Å². The van der Waals surface area contributed by atoms with Crippen LogP contribution in [0, 0.1) is 0 Å². The lowest BCUT2D eigenvalue weighted by Crippen LogP contribution is -2.38. The summed E-state index contributed by atoms with van der Waals surface area (Å²) in [6, 6.07) is 30.5. The first-order valence-electron chi connectivity index (χ1n) is 10.7. The summed E-state index contributed by atoms with van der Waals surface area (Å²) >= 11 is 0. The Morgan fingerprint density at radius 3 is 2.07 bits per heavy atom. The van der Waals surface area contributed by atoms with Gasteiger partial charge in [0.15, 0.2) is 5.69 Å². The Bertz CT molecular complexity index is 1080. The van der Waals surface area contributed by atoms with E-state index in [4.69, 9.17) is 0 Å². The van der Waals surface area contributed by atoms with Crippen LogP contribution in [0.25, 0.3) is 22.4 Å². The molecule has 1 aromatic heterocycles. The molecule has 2 heteroatoms. The minimum Gasteiger partial charge on any atom is -0.229 e. The molecule has 3 aromatic carbocycles. The van der Waals surface area contributed by atoms with Gasteiger partial charge in [0.2, 0.25) is 0 Å². The third kappa shape index (κ3) is 3.75. The lowest BCUT2D eigenvalue weighted by Gasteiger charge is -2.05. The van der Waals surface area contributed by atoms with Crippen molar-refractivity contribution in [2.45, 2.75) is 38.8 Å². The Balaban J connectivity index is 1.52. The van der Waals surface area contributed by atoms with Crippen LogP contribution in [0.3, 0.4) is 0 Å². The number of imidazole rings is 1. The molecule has 0 unspecified atom stereocenters. The molecular weight excluding hydrogens is 352 g/mol. The van der Waals surface area contributed by atoms with Crippen LogP contribution in [-0.2, 0) is 19.5 Å². The molecule has 29 heavy (non-hydrogen) atoms. The second-order valence-electron chi connectivity index (χ2n) is 7.95. The number of hydrogen-bond acceptors (Lipinski definition) is 0. The fourth-order valence-corrected chi connectivity index (χ4v) is 4.46. The van der Waals surface area contributed by atoms with Crippen LogP contribution in [0.4, 0.5) is 0 Å². The monoisotopic (exact) mass is 379 g/mol. The first-order chi connectivity index (χ1) is 14.4. The molecule has 0 saturated heterocycles. The average molecular weight is 380 g/mol. The fourth-order valence-electron chi connectivity index (χ4n) is 4.46. The maximum absolute atomic E-state index is 2.56. The zero-order valence-electron chi connectivity index (χ0n) is 16.8. The van der Waals surface area contributed by atoms with Crippen molar-refractivity contribution in [3.8, 4) is 22.4 Å².